The maximum absolute atomic E-state index is 5.68. The molecule has 0 spiro atoms. The van der Waals surface area contributed by atoms with Gasteiger partial charge in [0.05, 0.1) is 13.2 Å². The second kappa shape index (κ2) is 5.62. The Morgan fingerprint density at radius 1 is 1.33 bits per heavy atom. The van der Waals surface area contributed by atoms with Crippen molar-refractivity contribution >= 4 is 0 Å². The summed E-state index contributed by atoms with van der Waals surface area (Å²) in [6.45, 7) is 2.04. The van der Waals surface area contributed by atoms with Crippen LogP contribution >= 0.6 is 0 Å². The van der Waals surface area contributed by atoms with E-state index in [-0.39, 0.29) is 6.04 Å². The van der Waals surface area contributed by atoms with Gasteiger partial charge in [-0.3, -0.25) is 10.8 Å². The van der Waals surface area contributed by atoms with Gasteiger partial charge >= 0.3 is 0 Å². The van der Waals surface area contributed by atoms with Gasteiger partial charge in [0.25, 0.3) is 0 Å². The number of hydrazine groups is 1. The molecule has 1 heterocycles. The number of rotatable bonds is 4. The standard InChI is InChI=1S/C14H17N3O/c1-10-6-7-16-9-13(10)14(17-15)11-4-3-5-12(8-11)18-2/h3-9,14,17H,15H2,1-2H3. The molecule has 0 aliphatic carbocycles. The van der Waals surface area contributed by atoms with Crippen LogP contribution in [0.3, 0.4) is 0 Å². The van der Waals surface area contributed by atoms with E-state index in [9.17, 15) is 0 Å². The molecule has 2 rings (SSSR count). The smallest absolute Gasteiger partial charge is 0.119 e. The quantitative estimate of drug-likeness (QED) is 0.636. The fourth-order valence-electron chi connectivity index (χ4n) is 1.97. The summed E-state index contributed by atoms with van der Waals surface area (Å²) < 4.78 is 5.23. The maximum Gasteiger partial charge on any atom is 0.119 e. The minimum Gasteiger partial charge on any atom is -0.497 e. The fraction of sp³-hybridized carbons (Fsp3) is 0.214. The van der Waals surface area contributed by atoms with Gasteiger partial charge in [-0.15, -0.1) is 0 Å². The van der Waals surface area contributed by atoms with Crippen molar-refractivity contribution in [1.82, 2.24) is 10.4 Å². The molecule has 0 saturated carbocycles. The van der Waals surface area contributed by atoms with Gasteiger partial charge in [0, 0.05) is 12.4 Å². The third-order valence-corrected chi connectivity index (χ3v) is 2.98. The first kappa shape index (κ1) is 12.5. The third-order valence-electron chi connectivity index (χ3n) is 2.98. The Labute approximate surface area is 107 Å². The van der Waals surface area contributed by atoms with Crippen molar-refractivity contribution in [3.63, 3.8) is 0 Å². The third kappa shape index (κ3) is 2.50. The Bertz CT molecular complexity index is 528. The van der Waals surface area contributed by atoms with Crippen molar-refractivity contribution in [3.05, 3.63) is 59.4 Å². The van der Waals surface area contributed by atoms with Crippen LogP contribution in [-0.2, 0) is 0 Å². The molecule has 0 aliphatic rings. The zero-order valence-corrected chi connectivity index (χ0v) is 10.6. The average Bonchev–Trinajstić information content (AvgIpc) is 2.42. The largest absolute Gasteiger partial charge is 0.497 e. The van der Waals surface area contributed by atoms with Crippen molar-refractivity contribution in [1.29, 1.82) is 0 Å². The van der Waals surface area contributed by atoms with Crippen molar-refractivity contribution in [2.24, 2.45) is 5.84 Å². The molecule has 0 amide bonds. The number of pyridine rings is 1. The van der Waals surface area contributed by atoms with Gasteiger partial charge in [-0.1, -0.05) is 12.1 Å². The minimum atomic E-state index is -0.0891. The van der Waals surface area contributed by atoms with Gasteiger partial charge in [0.1, 0.15) is 5.75 Å². The summed E-state index contributed by atoms with van der Waals surface area (Å²) in [5.41, 5.74) is 6.09. The lowest BCUT2D eigenvalue weighted by Crippen LogP contribution is -2.29. The highest BCUT2D eigenvalue weighted by molar-refractivity contribution is 5.38. The lowest BCUT2D eigenvalue weighted by Gasteiger charge is -2.19. The predicted molar refractivity (Wildman–Crippen MR) is 71.1 cm³/mol. The lowest BCUT2D eigenvalue weighted by atomic mass is 9.97. The summed E-state index contributed by atoms with van der Waals surface area (Å²) in [7, 11) is 1.65. The summed E-state index contributed by atoms with van der Waals surface area (Å²) >= 11 is 0. The summed E-state index contributed by atoms with van der Waals surface area (Å²) in [5, 5.41) is 0. The van der Waals surface area contributed by atoms with Gasteiger partial charge in [0.15, 0.2) is 0 Å². The monoisotopic (exact) mass is 243 g/mol. The van der Waals surface area contributed by atoms with Crippen LogP contribution in [0.5, 0.6) is 5.75 Å². The van der Waals surface area contributed by atoms with E-state index >= 15 is 0 Å². The second-order valence-electron chi connectivity index (χ2n) is 4.11. The molecule has 3 N–H and O–H groups in total. The molecular formula is C14H17N3O. The van der Waals surface area contributed by atoms with E-state index in [1.807, 2.05) is 43.5 Å². The highest BCUT2D eigenvalue weighted by atomic mass is 16.5. The van der Waals surface area contributed by atoms with Crippen LogP contribution in [0.25, 0.3) is 0 Å². The Balaban J connectivity index is 2.42. The number of hydrogen-bond donors (Lipinski definition) is 2. The number of aromatic nitrogens is 1. The fourth-order valence-corrected chi connectivity index (χ4v) is 1.97. The molecule has 4 nitrogen and oxygen atoms in total. The molecule has 1 aromatic carbocycles. The lowest BCUT2D eigenvalue weighted by molar-refractivity contribution is 0.413. The van der Waals surface area contributed by atoms with E-state index < -0.39 is 0 Å². The van der Waals surface area contributed by atoms with Crippen LogP contribution in [0, 0.1) is 6.92 Å². The summed E-state index contributed by atoms with van der Waals surface area (Å²) in [6.07, 6.45) is 3.61. The number of nitrogens with two attached hydrogens (primary N) is 1. The second-order valence-corrected chi connectivity index (χ2v) is 4.11. The highest BCUT2D eigenvalue weighted by Crippen LogP contribution is 2.25. The molecule has 1 atom stereocenters. The number of ether oxygens (including phenoxy) is 1. The van der Waals surface area contributed by atoms with E-state index in [0.717, 1.165) is 22.4 Å². The van der Waals surface area contributed by atoms with Crippen LogP contribution in [0.1, 0.15) is 22.7 Å². The zero-order valence-electron chi connectivity index (χ0n) is 10.6. The first-order chi connectivity index (χ1) is 8.76. The number of hydrogen-bond acceptors (Lipinski definition) is 4. The molecule has 0 aliphatic heterocycles. The minimum absolute atomic E-state index is 0.0891. The van der Waals surface area contributed by atoms with Crippen LogP contribution < -0.4 is 16.0 Å². The Morgan fingerprint density at radius 3 is 2.83 bits per heavy atom. The molecule has 94 valence electrons. The molecule has 0 bridgehead atoms. The molecule has 0 fully saturated rings. The average molecular weight is 243 g/mol. The van der Waals surface area contributed by atoms with Gasteiger partial charge in [-0.2, -0.15) is 0 Å². The number of aryl methyl sites for hydroxylation is 1. The van der Waals surface area contributed by atoms with Gasteiger partial charge in [0.2, 0.25) is 0 Å². The molecule has 4 heteroatoms. The molecule has 0 radical (unpaired) electrons. The SMILES string of the molecule is COc1cccc(C(NN)c2cnccc2C)c1. The van der Waals surface area contributed by atoms with Crippen LogP contribution in [0.2, 0.25) is 0 Å². The molecule has 18 heavy (non-hydrogen) atoms. The van der Waals surface area contributed by atoms with E-state index in [1.165, 1.54) is 0 Å². The Morgan fingerprint density at radius 2 is 2.17 bits per heavy atom. The normalized spacial score (nSPS) is 12.2. The molecule has 1 aromatic heterocycles. The molecular weight excluding hydrogens is 226 g/mol. The van der Waals surface area contributed by atoms with Crippen LogP contribution in [0.4, 0.5) is 0 Å². The first-order valence-electron chi connectivity index (χ1n) is 5.77. The summed E-state index contributed by atoms with van der Waals surface area (Å²) in [5.74, 6) is 6.49. The first-order valence-corrected chi connectivity index (χ1v) is 5.77. The number of methoxy groups -OCH3 is 1. The van der Waals surface area contributed by atoms with E-state index in [4.69, 9.17) is 10.6 Å². The molecule has 2 aromatic rings. The Kier molecular flexibility index (Phi) is 3.92. The van der Waals surface area contributed by atoms with Gasteiger partial charge < -0.3 is 4.74 Å². The summed E-state index contributed by atoms with van der Waals surface area (Å²) in [4.78, 5) is 4.16. The van der Waals surface area contributed by atoms with E-state index in [2.05, 4.69) is 10.4 Å². The topological polar surface area (TPSA) is 60.2 Å². The predicted octanol–water partition coefficient (Wildman–Crippen LogP) is 1.95. The van der Waals surface area contributed by atoms with Crippen molar-refractivity contribution in [2.45, 2.75) is 13.0 Å². The van der Waals surface area contributed by atoms with Crippen molar-refractivity contribution in [2.75, 3.05) is 7.11 Å². The maximum atomic E-state index is 5.68. The molecule has 0 saturated heterocycles. The number of benzene rings is 1. The Hall–Kier alpha value is -1.91. The van der Waals surface area contributed by atoms with Gasteiger partial charge in [-0.05, 0) is 41.8 Å². The highest BCUT2D eigenvalue weighted by Gasteiger charge is 2.15. The van der Waals surface area contributed by atoms with Crippen molar-refractivity contribution in [3.8, 4) is 5.75 Å². The van der Waals surface area contributed by atoms with E-state index in [1.54, 1.807) is 13.3 Å². The zero-order chi connectivity index (χ0) is 13.0. The van der Waals surface area contributed by atoms with Crippen LogP contribution in [0.15, 0.2) is 42.7 Å². The number of nitrogens with one attached hydrogen (secondary N) is 1. The van der Waals surface area contributed by atoms with Crippen molar-refractivity contribution < 1.29 is 4.74 Å². The summed E-state index contributed by atoms with van der Waals surface area (Å²) in [6, 6.07) is 9.72. The number of nitrogens with zero attached hydrogens (tertiary/aromatic N) is 1. The van der Waals surface area contributed by atoms with E-state index in [0.29, 0.717) is 0 Å². The molecule has 1 unspecified atom stereocenters. The van der Waals surface area contributed by atoms with Crippen LogP contribution in [-0.4, -0.2) is 12.1 Å². The van der Waals surface area contributed by atoms with Gasteiger partial charge in [-0.25, -0.2) is 5.43 Å².